The summed E-state index contributed by atoms with van der Waals surface area (Å²) in [6, 6.07) is 1.76. The second-order valence-corrected chi connectivity index (χ2v) is 4.44. The molecule has 2 N–H and O–H groups in total. The molecule has 2 rings (SSSR count). The van der Waals surface area contributed by atoms with Crippen LogP contribution in [0.3, 0.4) is 0 Å². The lowest BCUT2D eigenvalue weighted by Crippen LogP contribution is -2.32. The topological polar surface area (TPSA) is 75.1 Å². The smallest absolute Gasteiger partial charge is 0.306 e. The second-order valence-electron chi connectivity index (χ2n) is 4.44. The summed E-state index contributed by atoms with van der Waals surface area (Å²) in [5.41, 5.74) is 0. The number of rotatable bonds is 4. The summed E-state index contributed by atoms with van der Waals surface area (Å²) >= 11 is 0. The van der Waals surface area contributed by atoms with Crippen LogP contribution in [0.4, 0.5) is 5.95 Å². The van der Waals surface area contributed by atoms with Crippen molar-refractivity contribution in [2.45, 2.75) is 25.7 Å². The number of carboxylic acids is 1. The molecule has 1 heterocycles. The van der Waals surface area contributed by atoms with Crippen LogP contribution in [0.15, 0.2) is 18.5 Å². The Morgan fingerprint density at radius 1 is 1.35 bits per heavy atom. The van der Waals surface area contributed by atoms with Gasteiger partial charge in [0.2, 0.25) is 5.95 Å². The number of carboxylic acid groups (broad SMARTS) is 1. The molecular formula is C12H17N3O2. The molecular weight excluding hydrogens is 218 g/mol. The molecule has 0 aromatic carbocycles. The molecule has 0 bridgehead atoms. The van der Waals surface area contributed by atoms with Crippen LogP contribution in [0.2, 0.25) is 0 Å². The summed E-state index contributed by atoms with van der Waals surface area (Å²) in [6.07, 6.45) is 7.24. The molecule has 0 amide bonds. The zero-order valence-electron chi connectivity index (χ0n) is 9.67. The van der Waals surface area contributed by atoms with Crippen LogP contribution in [0.1, 0.15) is 25.7 Å². The van der Waals surface area contributed by atoms with Gasteiger partial charge in [-0.05, 0) is 24.8 Å². The van der Waals surface area contributed by atoms with Gasteiger partial charge in [-0.25, -0.2) is 9.97 Å². The molecule has 0 aliphatic heterocycles. The minimum absolute atomic E-state index is 0.185. The summed E-state index contributed by atoms with van der Waals surface area (Å²) in [7, 11) is 0. The molecule has 0 saturated heterocycles. The minimum Gasteiger partial charge on any atom is -0.481 e. The van der Waals surface area contributed by atoms with Crippen molar-refractivity contribution in [3.63, 3.8) is 0 Å². The lowest BCUT2D eigenvalue weighted by atomic mass is 9.79. The summed E-state index contributed by atoms with van der Waals surface area (Å²) in [5, 5.41) is 12.3. The van der Waals surface area contributed by atoms with Gasteiger partial charge in [0.15, 0.2) is 0 Å². The molecule has 1 fully saturated rings. The van der Waals surface area contributed by atoms with Crippen molar-refractivity contribution < 1.29 is 9.90 Å². The average molecular weight is 235 g/mol. The van der Waals surface area contributed by atoms with Gasteiger partial charge in [0.05, 0.1) is 5.92 Å². The molecule has 0 radical (unpaired) electrons. The van der Waals surface area contributed by atoms with Gasteiger partial charge in [0.1, 0.15) is 0 Å². The Morgan fingerprint density at radius 2 is 2.06 bits per heavy atom. The Hall–Kier alpha value is -1.65. The molecule has 92 valence electrons. The number of aliphatic carboxylic acids is 1. The third-order valence-electron chi connectivity index (χ3n) is 3.31. The van der Waals surface area contributed by atoms with Gasteiger partial charge in [-0.1, -0.05) is 12.8 Å². The number of hydrogen-bond acceptors (Lipinski definition) is 4. The van der Waals surface area contributed by atoms with Crippen molar-refractivity contribution in [3.05, 3.63) is 18.5 Å². The Kier molecular flexibility index (Phi) is 3.90. The third kappa shape index (κ3) is 3.15. The van der Waals surface area contributed by atoms with E-state index in [-0.39, 0.29) is 11.8 Å². The van der Waals surface area contributed by atoms with Crippen molar-refractivity contribution in [1.29, 1.82) is 0 Å². The van der Waals surface area contributed by atoms with E-state index in [0.717, 1.165) is 25.7 Å². The van der Waals surface area contributed by atoms with Gasteiger partial charge >= 0.3 is 5.97 Å². The predicted octanol–water partition coefficient (Wildman–Crippen LogP) is 1.78. The third-order valence-corrected chi connectivity index (χ3v) is 3.31. The van der Waals surface area contributed by atoms with Crippen molar-refractivity contribution in [2.75, 3.05) is 11.9 Å². The molecule has 1 aliphatic carbocycles. The molecule has 1 aliphatic rings. The lowest BCUT2D eigenvalue weighted by molar-refractivity contribution is -0.144. The van der Waals surface area contributed by atoms with E-state index in [1.165, 1.54) is 0 Å². The lowest BCUT2D eigenvalue weighted by Gasteiger charge is -2.28. The first-order valence-corrected chi connectivity index (χ1v) is 6.01. The summed E-state index contributed by atoms with van der Waals surface area (Å²) in [4.78, 5) is 19.2. The first kappa shape index (κ1) is 11.8. The van der Waals surface area contributed by atoms with Crippen LogP contribution < -0.4 is 5.32 Å². The second kappa shape index (κ2) is 5.61. The van der Waals surface area contributed by atoms with Crippen LogP contribution in [0.25, 0.3) is 0 Å². The van der Waals surface area contributed by atoms with E-state index < -0.39 is 5.97 Å². The fraction of sp³-hybridized carbons (Fsp3) is 0.583. The highest BCUT2D eigenvalue weighted by Crippen LogP contribution is 2.30. The van der Waals surface area contributed by atoms with E-state index in [1.54, 1.807) is 18.5 Å². The first-order chi connectivity index (χ1) is 8.27. The van der Waals surface area contributed by atoms with Crippen molar-refractivity contribution >= 4 is 11.9 Å². The highest BCUT2D eigenvalue weighted by molar-refractivity contribution is 5.70. The summed E-state index contributed by atoms with van der Waals surface area (Å²) in [5.74, 6) is -0.141. The molecule has 1 saturated carbocycles. The van der Waals surface area contributed by atoms with Crippen LogP contribution in [-0.2, 0) is 4.79 Å². The van der Waals surface area contributed by atoms with Gasteiger partial charge in [0, 0.05) is 18.9 Å². The minimum atomic E-state index is -0.675. The zero-order valence-corrected chi connectivity index (χ0v) is 9.67. The summed E-state index contributed by atoms with van der Waals surface area (Å²) < 4.78 is 0. The maximum Gasteiger partial charge on any atom is 0.306 e. The van der Waals surface area contributed by atoms with E-state index in [0.29, 0.717) is 12.5 Å². The van der Waals surface area contributed by atoms with Gasteiger partial charge in [-0.3, -0.25) is 4.79 Å². The number of carbonyl (C=O) groups is 1. The van der Waals surface area contributed by atoms with Crippen LogP contribution in [0, 0.1) is 11.8 Å². The highest BCUT2D eigenvalue weighted by atomic mass is 16.4. The normalized spacial score (nSPS) is 24.2. The van der Waals surface area contributed by atoms with E-state index in [9.17, 15) is 4.79 Å². The van der Waals surface area contributed by atoms with Crippen LogP contribution >= 0.6 is 0 Å². The standard InChI is InChI=1S/C12H17N3O2/c16-11(17)10-5-2-1-4-9(10)8-15-12-13-6-3-7-14-12/h3,6-7,9-10H,1-2,4-5,8H2,(H,16,17)(H,13,14,15)/t9-,10-/m0/s1. The maximum absolute atomic E-state index is 11.1. The Labute approximate surface area is 100 Å². The van der Waals surface area contributed by atoms with Crippen LogP contribution in [-0.4, -0.2) is 27.6 Å². The Morgan fingerprint density at radius 3 is 2.76 bits per heavy atom. The Bertz CT molecular complexity index is 369. The molecule has 5 nitrogen and oxygen atoms in total. The SMILES string of the molecule is O=C(O)[C@H]1CCCC[C@H]1CNc1ncccn1. The van der Waals surface area contributed by atoms with Crippen molar-refractivity contribution in [1.82, 2.24) is 9.97 Å². The molecule has 2 atom stereocenters. The Balaban J connectivity index is 1.90. The monoisotopic (exact) mass is 235 g/mol. The quantitative estimate of drug-likeness (QED) is 0.832. The van der Waals surface area contributed by atoms with E-state index in [1.807, 2.05) is 0 Å². The largest absolute Gasteiger partial charge is 0.481 e. The molecule has 17 heavy (non-hydrogen) atoms. The van der Waals surface area contributed by atoms with E-state index in [2.05, 4.69) is 15.3 Å². The number of nitrogens with zero attached hydrogens (tertiary/aromatic N) is 2. The van der Waals surface area contributed by atoms with Gasteiger partial charge < -0.3 is 10.4 Å². The van der Waals surface area contributed by atoms with Crippen LogP contribution in [0.5, 0.6) is 0 Å². The molecule has 5 heteroatoms. The number of aromatic nitrogens is 2. The first-order valence-electron chi connectivity index (χ1n) is 6.01. The van der Waals surface area contributed by atoms with Gasteiger partial charge in [0.25, 0.3) is 0 Å². The molecule has 0 unspecified atom stereocenters. The fourth-order valence-electron chi connectivity index (χ4n) is 2.39. The highest BCUT2D eigenvalue weighted by Gasteiger charge is 2.30. The van der Waals surface area contributed by atoms with E-state index in [4.69, 9.17) is 5.11 Å². The zero-order chi connectivity index (χ0) is 12.1. The molecule has 1 aromatic heterocycles. The predicted molar refractivity (Wildman–Crippen MR) is 63.6 cm³/mol. The fourth-order valence-corrected chi connectivity index (χ4v) is 2.39. The molecule has 0 spiro atoms. The number of nitrogens with one attached hydrogen (secondary N) is 1. The van der Waals surface area contributed by atoms with Gasteiger partial charge in [-0.15, -0.1) is 0 Å². The van der Waals surface area contributed by atoms with Crippen molar-refractivity contribution in [3.8, 4) is 0 Å². The molecule has 1 aromatic rings. The number of anilines is 1. The maximum atomic E-state index is 11.1. The van der Waals surface area contributed by atoms with E-state index >= 15 is 0 Å². The average Bonchev–Trinajstić information content (AvgIpc) is 2.38. The summed E-state index contributed by atoms with van der Waals surface area (Å²) in [6.45, 7) is 0.640. The van der Waals surface area contributed by atoms with Crippen molar-refractivity contribution in [2.24, 2.45) is 11.8 Å². The van der Waals surface area contributed by atoms with Gasteiger partial charge in [-0.2, -0.15) is 0 Å². The number of hydrogen-bond donors (Lipinski definition) is 2.